The van der Waals surface area contributed by atoms with Crippen LogP contribution in [0, 0.1) is 0 Å². The molecule has 0 saturated carbocycles. The Morgan fingerprint density at radius 2 is 2.00 bits per heavy atom. The second-order valence-corrected chi connectivity index (χ2v) is 4.77. The molecule has 1 amide bonds. The van der Waals surface area contributed by atoms with E-state index < -0.39 is 12.7 Å². The molecule has 0 aliphatic heterocycles. The Balaban J connectivity index is 3.11. The smallest absolute Gasteiger partial charge is 0.254 e. The molecule has 0 saturated heterocycles. The average molecular weight is 312 g/mol. The van der Waals surface area contributed by atoms with Gasteiger partial charge in [0.2, 0.25) is 0 Å². The Kier molecular flexibility index (Phi) is 6.94. The van der Waals surface area contributed by atoms with Crippen LogP contribution in [0.25, 0.3) is 0 Å². The summed E-state index contributed by atoms with van der Waals surface area (Å²) in [6.45, 7) is 4.56. The van der Waals surface area contributed by atoms with Crippen molar-refractivity contribution in [3.8, 4) is 11.5 Å². The molecule has 0 heterocycles. The van der Waals surface area contributed by atoms with Crippen LogP contribution in [0.1, 0.15) is 24.2 Å². The number of aliphatic hydroxyl groups excluding tert-OH is 2. The maximum absolute atomic E-state index is 12.4. The van der Waals surface area contributed by atoms with Crippen molar-refractivity contribution in [3.63, 3.8) is 0 Å². The molecule has 0 spiro atoms. The first-order valence-electron chi connectivity index (χ1n) is 7.21. The summed E-state index contributed by atoms with van der Waals surface area (Å²) in [7, 11) is 1.40. The second kappa shape index (κ2) is 8.45. The lowest BCUT2D eigenvalue weighted by Gasteiger charge is -2.20. The van der Waals surface area contributed by atoms with Gasteiger partial charge in [0.15, 0.2) is 11.5 Å². The second-order valence-electron chi connectivity index (χ2n) is 4.77. The molecule has 22 heavy (non-hydrogen) atoms. The van der Waals surface area contributed by atoms with Crippen LogP contribution in [0.15, 0.2) is 12.1 Å². The van der Waals surface area contributed by atoms with Crippen LogP contribution in [0.4, 0.5) is 5.69 Å². The number of amides is 1. The summed E-state index contributed by atoms with van der Waals surface area (Å²) in [6.07, 6.45) is -0.965. The molecular formula is C15H24N2O5. The highest BCUT2D eigenvalue weighted by Gasteiger charge is 2.18. The molecule has 1 aromatic rings. The van der Waals surface area contributed by atoms with Gasteiger partial charge in [0, 0.05) is 25.2 Å². The number of carbonyl (C=O) groups excluding carboxylic acids is 1. The van der Waals surface area contributed by atoms with Gasteiger partial charge < -0.3 is 30.3 Å². The summed E-state index contributed by atoms with van der Waals surface area (Å²) in [5.74, 6) is -0.156. The van der Waals surface area contributed by atoms with E-state index in [1.165, 1.54) is 19.2 Å². The minimum absolute atomic E-state index is 0.0378. The van der Waals surface area contributed by atoms with Gasteiger partial charge >= 0.3 is 0 Å². The highest BCUT2D eigenvalue weighted by molar-refractivity contribution is 5.96. The molecule has 0 radical (unpaired) electrons. The summed E-state index contributed by atoms with van der Waals surface area (Å²) in [5.41, 5.74) is 0.640. The highest BCUT2D eigenvalue weighted by atomic mass is 16.5. The Bertz CT molecular complexity index is 503. The monoisotopic (exact) mass is 312 g/mol. The van der Waals surface area contributed by atoms with Gasteiger partial charge in [0.05, 0.1) is 25.5 Å². The molecule has 0 aliphatic carbocycles. The largest absolute Gasteiger partial charge is 0.503 e. The first-order chi connectivity index (χ1) is 10.5. The van der Waals surface area contributed by atoms with Crippen LogP contribution in [0.3, 0.4) is 0 Å². The van der Waals surface area contributed by atoms with E-state index >= 15 is 0 Å². The number of nitrogens with one attached hydrogen (secondary N) is 1. The maximum atomic E-state index is 12.4. The van der Waals surface area contributed by atoms with Crippen LogP contribution in [-0.4, -0.2) is 65.6 Å². The lowest BCUT2D eigenvalue weighted by molar-refractivity contribution is 0.0772. The van der Waals surface area contributed by atoms with Crippen LogP contribution in [0.5, 0.6) is 11.5 Å². The van der Waals surface area contributed by atoms with Crippen molar-refractivity contribution in [2.75, 3.05) is 38.7 Å². The number of aliphatic hydroxyl groups is 2. The number of phenolic OH excluding ortho intramolecular Hbond substituents is 1. The SMILES string of the molecule is CCN(CC)C(=O)c1cc(NCC(O)CO)c(O)c(OC)c1. The zero-order chi connectivity index (χ0) is 16.7. The molecule has 124 valence electrons. The van der Waals surface area contributed by atoms with Crippen molar-refractivity contribution >= 4 is 11.6 Å². The van der Waals surface area contributed by atoms with Gasteiger partial charge in [-0.3, -0.25) is 4.79 Å². The molecule has 7 nitrogen and oxygen atoms in total. The van der Waals surface area contributed by atoms with E-state index in [1.807, 2.05) is 13.8 Å². The molecule has 7 heteroatoms. The van der Waals surface area contributed by atoms with Crippen molar-refractivity contribution in [2.24, 2.45) is 0 Å². The Morgan fingerprint density at radius 3 is 2.50 bits per heavy atom. The number of benzene rings is 1. The van der Waals surface area contributed by atoms with Crippen LogP contribution < -0.4 is 10.1 Å². The topological polar surface area (TPSA) is 102 Å². The minimum Gasteiger partial charge on any atom is -0.503 e. The summed E-state index contributed by atoms with van der Waals surface area (Å²) in [4.78, 5) is 14.1. The number of phenols is 1. The van der Waals surface area contributed by atoms with Gasteiger partial charge in [-0.25, -0.2) is 0 Å². The number of anilines is 1. The predicted molar refractivity (Wildman–Crippen MR) is 83.5 cm³/mol. The van der Waals surface area contributed by atoms with E-state index in [9.17, 15) is 15.0 Å². The van der Waals surface area contributed by atoms with Crippen molar-refractivity contribution in [1.82, 2.24) is 4.90 Å². The Morgan fingerprint density at radius 1 is 1.36 bits per heavy atom. The minimum atomic E-state index is -0.965. The quantitative estimate of drug-likeness (QED) is 0.526. The van der Waals surface area contributed by atoms with Crippen molar-refractivity contribution < 1.29 is 24.9 Å². The number of rotatable bonds is 8. The van der Waals surface area contributed by atoms with Gasteiger partial charge in [-0.1, -0.05) is 0 Å². The first kappa shape index (κ1) is 18.1. The standard InChI is InChI=1S/C15H24N2O5/c1-4-17(5-2)15(21)10-6-12(16-8-11(19)9-18)14(20)13(7-10)22-3/h6-7,11,16,18-20H,4-5,8-9H2,1-3H3. The lowest BCUT2D eigenvalue weighted by atomic mass is 10.1. The normalized spacial score (nSPS) is 11.9. The van der Waals surface area contributed by atoms with Crippen molar-refractivity contribution in [1.29, 1.82) is 0 Å². The average Bonchev–Trinajstić information content (AvgIpc) is 2.54. The summed E-state index contributed by atoms with van der Waals surface area (Å²) in [6, 6.07) is 2.98. The fourth-order valence-corrected chi connectivity index (χ4v) is 2.01. The number of nitrogens with zero attached hydrogens (tertiary/aromatic N) is 1. The third-order valence-electron chi connectivity index (χ3n) is 3.33. The first-order valence-corrected chi connectivity index (χ1v) is 7.21. The zero-order valence-electron chi connectivity index (χ0n) is 13.2. The predicted octanol–water partition coefficient (Wildman–Crippen LogP) is 0.648. The molecule has 1 atom stereocenters. The molecule has 0 fully saturated rings. The summed E-state index contributed by atoms with van der Waals surface area (Å²) < 4.78 is 5.08. The third-order valence-corrected chi connectivity index (χ3v) is 3.33. The van der Waals surface area contributed by atoms with Gasteiger partial charge in [-0.2, -0.15) is 0 Å². The zero-order valence-corrected chi connectivity index (χ0v) is 13.2. The Labute approximate surface area is 130 Å². The fourth-order valence-electron chi connectivity index (χ4n) is 2.01. The van der Waals surface area contributed by atoms with Gasteiger partial charge in [-0.15, -0.1) is 0 Å². The van der Waals surface area contributed by atoms with Gasteiger partial charge in [0.1, 0.15) is 0 Å². The van der Waals surface area contributed by atoms with E-state index in [0.29, 0.717) is 18.7 Å². The van der Waals surface area contributed by atoms with E-state index in [0.717, 1.165) is 0 Å². The molecule has 4 N–H and O–H groups in total. The molecule has 0 aromatic heterocycles. The van der Waals surface area contributed by atoms with E-state index in [-0.39, 0.29) is 29.6 Å². The van der Waals surface area contributed by atoms with E-state index in [2.05, 4.69) is 5.32 Å². The van der Waals surface area contributed by atoms with Gasteiger partial charge in [0.25, 0.3) is 5.91 Å². The number of ether oxygens (including phenoxy) is 1. The van der Waals surface area contributed by atoms with Crippen LogP contribution in [-0.2, 0) is 0 Å². The van der Waals surface area contributed by atoms with Crippen molar-refractivity contribution in [3.05, 3.63) is 17.7 Å². The number of aromatic hydroxyl groups is 1. The number of carbonyl (C=O) groups is 1. The van der Waals surface area contributed by atoms with Gasteiger partial charge in [-0.05, 0) is 26.0 Å². The molecule has 1 aromatic carbocycles. The summed E-state index contributed by atoms with van der Waals surface area (Å²) >= 11 is 0. The number of methoxy groups -OCH3 is 1. The maximum Gasteiger partial charge on any atom is 0.254 e. The molecule has 1 rings (SSSR count). The Hall–Kier alpha value is -1.99. The molecular weight excluding hydrogens is 288 g/mol. The molecule has 0 aliphatic rings. The highest BCUT2D eigenvalue weighted by Crippen LogP contribution is 2.35. The van der Waals surface area contributed by atoms with Crippen molar-refractivity contribution in [2.45, 2.75) is 20.0 Å². The third kappa shape index (κ3) is 4.25. The van der Waals surface area contributed by atoms with Crippen LogP contribution >= 0.6 is 0 Å². The number of hydrogen-bond donors (Lipinski definition) is 4. The molecule has 1 unspecified atom stereocenters. The van der Waals surface area contributed by atoms with E-state index in [4.69, 9.17) is 9.84 Å². The lowest BCUT2D eigenvalue weighted by Crippen LogP contribution is -2.30. The van der Waals surface area contributed by atoms with E-state index in [1.54, 1.807) is 4.90 Å². The van der Waals surface area contributed by atoms with Crippen LogP contribution in [0.2, 0.25) is 0 Å². The summed E-state index contributed by atoms with van der Waals surface area (Å²) in [5, 5.41) is 31.1. The molecule has 0 bridgehead atoms. The fraction of sp³-hybridized carbons (Fsp3) is 0.533. The number of hydrogen-bond acceptors (Lipinski definition) is 6.